The fourth-order valence-electron chi connectivity index (χ4n) is 2.76. The molecule has 0 saturated heterocycles. The molecule has 3 aromatic rings. The summed E-state index contributed by atoms with van der Waals surface area (Å²) in [6, 6.07) is 10.9. The van der Waals surface area contributed by atoms with Crippen molar-refractivity contribution in [3.05, 3.63) is 64.7 Å². The third-order valence-corrected chi connectivity index (χ3v) is 5.38. The monoisotopic (exact) mass is 378 g/mol. The lowest BCUT2D eigenvalue weighted by Crippen LogP contribution is -2.14. The van der Waals surface area contributed by atoms with E-state index in [4.69, 9.17) is 11.6 Å². The molecule has 4 rings (SSSR count). The molecular weight excluding hydrogens is 366 g/mol. The van der Waals surface area contributed by atoms with Gasteiger partial charge in [-0.15, -0.1) is 10.2 Å². The molecule has 1 aliphatic rings. The Kier molecular flexibility index (Phi) is 4.35. The first-order chi connectivity index (χ1) is 12.1. The second-order valence-corrected chi connectivity index (χ2v) is 6.90. The minimum atomic E-state index is -0.325. The van der Waals surface area contributed by atoms with Crippen molar-refractivity contribution >= 4 is 35.0 Å². The van der Waals surface area contributed by atoms with Gasteiger partial charge >= 0.3 is 0 Å². The van der Waals surface area contributed by atoms with Gasteiger partial charge in [0, 0.05) is 35.1 Å². The van der Waals surface area contributed by atoms with Crippen molar-refractivity contribution in [3.63, 3.8) is 0 Å². The second kappa shape index (κ2) is 6.65. The maximum absolute atomic E-state index is 13.9. The van der Waals surface area contributed by atoms with Gasteiger partial charge in [0.05, 0.1) is 0 Å². The topological polar surface area (TPSA) is 34.0 Å². The van der Waals surface area contributed by atoms with Crippen LogP contribution in [0.4, 0.5) is 20.4 Å². The minimum absolute atomic E-state index is 0.276. The number of nitrogens with zero attached hydrogens (tertiary/aromatic N) is 4. The van der Waals surface area contributed by atoms with Gasteiger partial charge in [-0.25, -0.2) is 8.78 Å². The van der Waals surface area contributed by atoms with Gasteiger partial charge in [0.25, 0.3) is 0 Å². The number of benzene rings is 2. The van der Waals surface area contributed by atoms with Crippen LogP contribution in [0, 0.1) is 11.6 Å². The summed E-state index contributed by atoms with van der Waals surface area (Å²) in [5, 5.41) is 9.54. The van der Waals surface area contributed by atoms with Crippen LogP contribution in [-0.4, -0.2) is 21.3 Å². The number of hydrogen-bond acceptors (Lipinski definition) is 4. The molecule has 0 fully saturated rings. The van der Waals surface area contributed by atoms with Crippen LogP contribution in [0.5, 0.6) is 0 Å². The Bertz CT molecular complexity index is 893. The lowest BCUT2D eigenvalue weighted by atomic mass is 10.2. The first kappa shape index (κ1) is 16.4. The average Bonchev–Trinajstić information content (AvgIpc) is 3.18. The Morgan fingerprint density at radius 3 is 2.60 bits per heavy atom. The van der Waals surface area contributed by atoms with Crippen LogP contribution in [0.25, 0.3) is 0 Å². The first-order valence-electron chi connectivity index (χ1n) is 7.65. The van der Waals surface area contributed by atoms with E-state index >= 15 is 0 Å². The van der Waals surface area contributed by atoms with E-state index in [9.17, 15) is 8.78 Å². The fraction of sp³-hybridized carbons (Fsp3) is 0.176. The third kappa shape index (κ3) is 3.09. The quantitative estimate of drug-likeness (QED) is 0.619. The lowest BCUT2D eigenvalue weighted by molar-refractivity contribution is 0.617. The molecule has 1 aromatic heterocycles. The summed E-state index contributed by atoms with van der Waals surface area (Å²) in [7, 11) is 0. The van der Waals surface area contributed by atoms with E-state index in [1.165, 1.54) is 30.0 Å². The maximum atomic E-state index is 13.9. The molecule has 0 N–H and O–H groups in total. The zero-order chi connectivity index (χ0) is 17.4. The number of anilines is 2. The Balaban J connectivity index is 1.55. The average molecular weight is 379 g/mol. The van der Waals surface area contributed by atoms with Crippen LogP contribution in [0.15, 0.2) is 47.6 Å². The summed E-state index contributed by atoms with van der Waals surface area (Å²) in [5.74, 6) is 0.477. The molecule has 4 nitrogen and oxygen atoms in total. The van der Waals surface area contributed by atoms with Gasteiger partial charge in [-0.3, -0.25) is 4.57 Å². The van der Waals surface area contributed by atoms with Crippen molar-refractivity contribution in [2.45, 2.75) is 17.5 Å². The van der Waals surface area contributed by atoms with E-state index in [-0.39, 0.29) is 11.6 Å². The van der Waals surface area contributed by atoms with Crippen LogP contribution >= 0.6 is 23.4 Å². The number of aromatic nitrogens is 3. The van der Waals surface area contributed by atoms with E-state index in [1.807, 2.05) is 9.47 Å². The van der Waals surface area contributed by atoms with Crippen molar-refractivity contribution in [2.24, 2.45) is 0 Å². The van der Waals surface area contributed by atoms with Crippen molar-refractivity contribution in [1.29, 1.82) is 0 Å². The first-order valence-corrected chi connectivity index (χ1v) is 9.02. The minimum Gasteiger partial charge on any atom is -0.309 e. The number of hydrogen-bond donors (Lipinski definition) is 0. The number of fused-ring (bicyclic) bond motifs is 1. The third-order valence-electron chi connectivity index (χ3n) is 4.03. The number of rotatable bonds is 4. The normalized spacial score (nSPS) is 13.3. The maximum Gasteiger partial charge on any atom is 0.232 e. The summed E-state index contributed by atoms with van der Waals surface area (Å²) >= 11 is 7.46. The van der Waals surface area contributed by atoms with Crippen LogP contribution < -0.4 is 4.90 Å². The molecule has 0 saturated carbocycles. The zero-order valence-electron chi connectivity index (χ0n) is 13.0. The van der Waals surface area contributed by atoms with Crippen molar-refractivity contribution in [1.82, 2.24) is 14.8 Å². The molecular formula is C17H13ClF2N4S. The number of thioether (sulfide) groups is 1. The predicted octanol–water partition coefficient (Wildman–Crippen LogP) is 4.65. The Morgan fingerprint density at radius 1 is 1.04 bits per heavy atom. The van der Waals surface area contributed by atoms with E-state index in [2.05, 4.69) is 10.2 Å². The largest absolute Gasteiger partial charge is 0.309 e. The molecule has 0 unspecified atom stereocenters. The molecule has 0 aliphatic carbocycles. The summed E-state index contributed by atoms with van der Waals surface area (Å²) in [6.07, 6.45) is 0. The lowest BCUT2D eigenvalue weighted by Gasteiger charge is -2.14. The van der Waals surface area contributed by atoms with Gasteiger partial charge in [-0.1, -0.05) is 29.4 Å². The van der Waals surface area contributed by atoms with E-state index in [1.54, 1.807) is 24.3 Å². The molecule has 0 bridgehead atoms. The molecule has 2 aromatic carbocycles. The molecule has 0 amide bonds. The molecule has 25 heavy (non-hydrogen) atoms. The highest BCUT2D eigenvalue weighted by atomic mass is 35.5. The summed E-state index contributed by atoms with van der Waals surface area (Å²) in [5.41, 5.74) is 1.32. The van der Waals surface area contributed by atoms with Crippen LogP contribution in [0.3, 0.4) is 0 Å². The molecule has 2 heterocycles. The van der Waals surface area contributed by atoms with Gasteiger partial charge in [0.2, 0.25) is 5.95 Å². The van der Waals surface area contributed by atoms with Crippen molar-refractivity contribution in [2.75, 3.05) is 11.4 Å². The van der Waals surface area contributed by atoms with Gasteiger partial charge in [-0.2, -0.15) is 0 Å². The summed E-state index contributed by atoms with van der Waals surface area (Å²) in [6.45, 7) is 1.44. The number of halogens is 3. The highest BCUT2D eigenvalue weighted by Gasteiger charge is 2.26. The van der Waals surface area contributed by atoms with Gasteiger partial charge < -0.3 is 4.90 Å². The highest BCUT2D eigenvalue weighted by Crippen LogP contribution is 2.34. The smallest absolute Gasteiger partial charge is 0.232 e. The predicted molar refractivity (Wildman–Crippen MR) is 94.4 cm³/mol. The van der Waals surface area contributed by atoms with Gasteiger partial charge in [0.1, 0.15) is 11.6 Å². The summed E-state index contributed by atoms with van der Waals surface area (Å²) < 4.78 is 29.0. The summed E-state index contributed by atoms with van der Waals surface area (Å²) in [4.78, 5) is 1.98. The van der Waals surface area contributed by atoms with Crippen LogP contribution in [-0.2, 0) is 12.3 Å². The van der Waals surface area contributed by atoms with E-state index in [0.29, 0.717) is 34.0 Å². The molecule has 0 atom stereocenters. The van der Waals surface area contributed by atoms with Crippen LogP contribution in [0.2, 0.25) is 5.02 Å². The van der Waals surface area contributed by atoms with Crippen molar-refractivity contribution in [3.8, 4) is 0 Å². The van der Waals surface area contributed by atoms with E-state index in [0.717, 1.165) is 12.2 Å². The molecule has 128 valence electrons. The highest BCUT2D eigenvalue weighted by molar-refractivity contribution is 7.98. The van der Waals surface area contributed by atoms with E-state index < -0.39 is 0 Å². The Labute approximate surface area is 152 Å². The Morgan fingerprint density at radius 2 is 1.84 bits per heavy atom. The SMILES string of the molecule is Fc1ccc(N2CCn3c(SCc4c(F)cccc4Cl)nnc32)cc1. The van der Waals surface area contributed by atoms with Crippen molar-refractivity contribution < 1.29 is 8.78 Å². The van der Waals surface area contributed by atoms with Crippen LogP contribution in [0.1, 0.15) is 5.56 Å². The molecule has 8 heteroatoms. The molecule has 0 radical (unpaired) electrons. The fourth-order valence-corrected chi connectivity index (χ4v) is 4.06. The second-order valence-electron chi connectivity index (χ2n) is 5.55. The standard InChI is InChI=1S/C17H13ClF2N4S/c18-14-2-1-3-15(20)13(14)10-25-17-22-21-16-23(8-9-24(16)17)12-6-4-11(19)5-7-12/h1-7H,8-10H2. The Hall–Kier alpha value is -2.12. The molecule has 1 aliphatic heterocycles. The van der Waals surface area contributed by atoms with Gasteiger partial charge in [-0.05, 0) is 36.4 Å². The molecule has 0 spiro atoms. The van der Waals surface area contributed by atoms with Gasteiger partial charge in [0.15, 0.2) is 5.16 Å². The zero-order valence-corrected chi connectivity index (χ0v) is 14.6.